The maximum Gasteiger partial charge on any atom is 0.116 e. The molecule has 3 heteroatoms. The third-order valence-corrected chi connectivity index (χ3v) is 7.07. The van der Waals surface area contributed by atoms with E-state index >= 15 is 0 Å². The van der Waals surface area contributed by atoms with Gasteiger partial charge in [0.05, 0.1) is 0 Å². The fraction of sp³-hybridized carbons (Fsp3) is 0.579. The van der Waals surface area contributed by atoms with Crippen LogP contribution < -0.4 is 4.74 Å². The Kier molecular flexibility index (Phi) is 3.27. The SMILES string of the molecule is C=C1CC[C@@]2(C)C3Cc4cc[c-]c5c4[C@@]2(CCN3C)[C@H]1O5.[Y]. The molecule has 113 valence electrons. The van der Waals surface area contributed by atoms with E-state index in [9.17, 15) is 0 Å². The third kappa shape index (κ3) is 1.48. The Hall–Kier alpha value is -0.176. The second-order valence-corrected chi connectivity index (χ2v) is 7.70. The average Bonchev–Trinajstić information content (AvgIpc) is 2.81. The van der Waals surface area contributed by atoms with Crippen molar-refractivity contribution in [3.05, 3.63) is 41.5 Å². The molecular weight excluding hydrogens is 347 g/mol. The molecule has 2 aliphatic heterocycles. The predicted molar refractivity (Wildman–Crippen MR) is 82.6 cm³/mol. The number of ether oxygens (including phenoxy) is 1. The molecule has 2 heterocycles. The zero-order valence-electron chi connectivity index (χ0n) is 13.5. The van der Waals surface area contributed by atoms with Crippen LogP contribution in [0.3, 0.4) is 0 Å². The van der Waals surface area contributed by atoms with Crippen LogP contribution in [0.25, 0.3) is 0 Å². The molecule has 1 radical (unpaired) electrons. The number of likely N-dealkylation sites (tertiary alicyclic amines) is 1. The molecule has 1 spiro atoms. The monoisotopic (exact) mass is 369 g/mol. The molecule has 0 amide bonds. The Morgan fingerprint density at radius 2 is 2.23 bits per heavy atom. The molecule has 1 aromatic rings. The number of likely N-dealkylation sites (N-methyl/N-ethyl adjacent to an activating group) is 1. The number of hydrogen-bond donors (Lipinski definition) is 0. The van der Waals surface area contributed by atoms with Crippen molar-refractivity contribution in [3.63, 3.8) is 0 Å². The minimum absolute atomic E-state index is 0. The van der Waals surface area contributed by atoms with Gasteiger partial charge in [0, 0.05) is 49.9 Å². The number of benzene rings is 1. The van der Waals surface area contributed by atoms with Gasteiger partial charge < -0.3 is 9.64 Å². The van der Waals surface area contributed by atoms with Crippen LogP contribution in [0, 0.1) is 11.5 Å². The molecule has 1 saturated heterocycles. The molecular formula is C19H22NOY-. The van der Waals surface area contributed by atoms with E-state index in [1.165, 1.54) is 36.1 Å². The number of rotatable bonds is 0. The summed E-state index contributed by atoms with van der Waals surface area (Å²) in [4.78, 5) is 2.59. The predicted octanol–water partition coefficient (Wildman–Crippen LogP) is 3.10. The number of piperidine rings is 1. The summed E-state index contributed by atoms with van der Waals surface area (Å²) < 4.78 is 6.42. The van der Waals surface area contributed by atoms with Gasteiger partial charge in [-0.05, 0) is 50.3 Å². The first-order chi connectivity index (χ1) is 10.1. The Labute approximate surface area is 158 Å². The van der Waals surface area contributed by atoms with Crippen LogP contribution in [0.2, 0.25) is 0 Å². The van der Waals surface area contributed by atoms with Crippen molar-refractivity contribution in [2.75, 3.05) is 13.6 Å². The number of hydrogen-bond acceptors (Lipinski definition) is 2. The summed E-state index contributed by atoms with van der Waals surface area (Å²) in [6, 6.07) is 8.32. The van der Waals surface area contributed by atoms with Gasteiger partial charge in [-0.1, -0.05) is 13.5 Å². The van der Waals surface area contributed by atoms with Gasteiger partial charge in [-0.15, -0.1) is 17.2 Å². The minimum atomic E-state index is 0. The van der Waals surface area contributed by atoms with Crippen LogP contribution in [0.1, 0.15) is 37.3 Å². The van der Waals surface area contributed by atoms with Crippen LogP contribution >= 0.6 is 0 Å². The fourth-order valence-corrected chi connectivity index (χ4v) is 6.00. The molecule has 4 aliphatic rings. The fourth-order valence-electron chi connectivity index (χ4n) is 6.00. The standard InChI is InChI=1S/C19H22NO.Y/c1-12-7-8-18(2)15-11-13-5-4-6-14-16(13)19(18,17(12)21-14)9-10-20(15)3;/h4-5,15,17H,1,7-11H2,2-3H3;/q-1;/t15?,17-,18-,19-;/m0./s1. The first-order valence-corrected chi connectivity index (χ1v) is 8.16. The van der Waals surface area contributed by atoms with Crippen LogP contribution in [-0.4, -0.2) is 30.6 Å². The Bertz CT molecular complexity index is 671. The van der Waals surface area contributed by atoms with Gasteiger partial charge in [0.2, 0.25) is 0 Å². The molecule has 0 N–H and O–H groups in total. The molecule has 2 nitrogen and oxygen atoms in total. The van der Waals surface area contributed by atoms with Gasteiger partial charge in [-0.25, -0.2) is 0 Å². The van der Waals surface area contributed by atoms with Crippen molar-refractivity contribution in [1.82, 2.24) is 4.90 Å². The minimum Gasteiger partial charge on any atom is -0.512 e. The van der Waals surface area contributed by atoms with E-state index in [1.54, 1.807) is 0 Å². The van der Waals surface area contributed by atoms with E-state index in [1.807, 2.05) is 6.07 Å². The van der Waals surface area contributed by atoms with Crippen LogP contribution in [0.15, 0.2) is 24.3 Å². The third-order valence-electron chi connectivity index (χ3n) is 7.07. The van der Waals surface area contributed by atoms with Crippen molar-refractivity contribution in [2.45, 2.75) is 50.2 Å². The van der Waals surface area contributed by atoms with E-state index in [-0.39, 0.29) is 44.2 Å². The van der Waals surface area contributed by atoms with Crippen molar-refractivity contribution in [1.29, 1.82) is 0 Å². The zero-order valence-corrected chi connectivity index (χ0v) is 16.3. The van der Waals surface area contributed by atoms with E-state index in [0.717, 1.165) is 18.6 Å². The zero-order chi connectivity index (χ0) is 14.4. The largest absolute Gasteiger partial charge is 0.512 e. The maximum atomic E-state index is 6.42. The van der Waals surface area contributed by atoms with Gasteiger partial charge in [0.25, 0.3) is 0 Å². The quantitative estimate of drug-likeness (QED) is 0.515. The van der Waals surface area contributed by atoms with Crippen LogP contribution in [0.5, 0.6) is 5.75 Å². The molecule has 1 saturated carbocycles. The van der Waals surface area contributed by atoms with Gasteiger partial charge in [0.15, 0.2) is 0 Å². The topological polar surface area (TPSA) is 12.5 Å². The molecule has 2 fully saturated rings. The molecule has 4 atom stereocenters. The van der Waals surface area contributed by atoms with Gasteiger partial charge in [-0.3, -0.25) is 0 Å². The Morgan fingerprint density at radius 1 is 1.41 bits per heavy atom. The van der Waals surface area contributed by atoms with E-state index in [2.05, 4.69) is 37.6 Å². The normalized spacial score (nSPS) is 41.5. The average molecular weight is 369 g/mol. The van der Waals surface area contributed by atoms with E-state index in [4.69, 9.17) is 4.74 Å². The second-order valence-electron chi connectivity index (χ2n) is 7.70. The summed E-state index contributed by atoms with van der Waals surface area (Å²) >= 11 is 0. The number of nitrogens with zero attached hydrogens (tertiary/aromatic N) is 1. The summed E-state index contributed by atoms with van der Waals surface area (Å²) in [5.41, 5.74) is 4.74. The van der Waals surface area contributed by atoms with Crippen LogP contribution in [0.4, 0.5) is 0 Å². The molecule has 1 aromatic carbocycles. The van der Waals surface area contributed by atoms with Gasteiger partial charge >= 0.3 is 0 Å². The van der Waals surface area contributed by atoms with Gasteiger partial charge in [-0.2, -0.15) is 12.1 Å². The second kappa shape index (κ2) is 4.68. The molecule has 2 bridgehead atoms. The van der Waals surface area contributed by atoms with Crippen LogP contribution in [-0.2, 0) is 44.5 Å². The summed E-state index contributed by atoms with van der Waals surface area (Å²) in [5, 5.41) is 0. The van der Waals surface area contributed by atoms with E-state index < -0.39 is 0 Å². The van der Waals surface area contributed by atoms with Crippen molar-refractivity contribution in [3.8, 4) is 5.75 Å². The molecule has 0 aromatic heterocycles. The van der Waals surface area contributed by atoms with Crippen molar-refractivity contribution >= 4 is 0 Å². The summed E-state index contributed by atoms with van der Waals surface area (Å²) in [6.45, 7) is 8.05. The Balaban J connectivity index is 0.00000125. The van der Waals surface area contributed by atoms with E-state index in [0.29, 0.717) is 11.5 Å². The molecule has 2 aliphatic carbocycles. The maximum absolute atomic E-state index is 6.42. The van der Waals surface area contributed by atoms with Crippen molar-refractivity contribution in [2.24, 2.45) is 5.41 Å². The molecule has 1 unspecified atom stereocenters. The van der Waals surface area contributed by atoms with Gasteiger partial charge in [0.1, 0.15) is 6.10 Å². The molecule has 22 heavy (non-hydrogen) atoms. The summed E-state index contributed by atoms with van der Waals surface area (Å²) in [7, 11) is 2.30. The first-order valence-electron chi connectivity index (χ1n) is 8.16. The van der Waals surface area contributed by atoms with Crippen molar-refractivity contribution < 1.29 is 37.4 Å². The Morgan fingerprint density at radius 3 is 3.05 bits per heavy atom. The summed E-state index contributed by atoms with van der Waals surface area (Å²) in [5.74, 6) is 1.02. The smallest absolute Gasteiger partial charge is 0.116 e. The summed E-state index contributed by atoms with van der Waals surface area (Å²) in [6.07, 6.45) is 4.89. The molecule has 5 rings (SSSR count). The first kappa shape index (κ1) is 15.4.